The minimum atomic E-state index is 0.275. The standard InChI is InChI=1S/C14H18N2O/c17-10-2-1-8-15-11-13-6-3-5-12-7-4-9-16-14(12)13/h3-7,9,15,17H,1-2,8,10-11H2. The number of nitrogens with zero attached hydrogens (tertiary/aromatic N) is 1. The molecule has 0 aliphatic heterocycles. The number of hydrogen-bond donors (Lipinski definition) is 2. The molecule has 0 fully saturated rings. The summed E-state index contributed by atoms with van der Waals surface area (Å²) in [7, 11) is 0. The van der Waals surface area contributed by atoms with Gasteiger partial charge in [-0.3, -0.25) is 4.98 Å². The fraction of sp³-hybridized carbons (Fsp3) is 0.357. The molecular formula is C14H18N2O. The van der Waals surface area contributed by atoms with Gasteiger partial charge >= 0.3 is 0 Å². The van der Waals surface area contributed by atoms with Gasteiger partial charge in [0, 0.05) is 24.7 Å². The maximum atomic E-state index is 8.69. The molecule has 17 heavy (non-hydrogen) atoms. The molecule has 1 heterocycles. The number of benzene rings is 1. The number of nitrogens with one attached hydrogen (secondary N) is 1. The highest BCUT2D eigenvalue weighted by Gasteiger charge is 2.00. The van der Waals surface area contributed by atoms with Crippen LogP contribution in [0.15, 0.2) is 36.5 Å². The number of para-hydroxylation sites is 1. The van der Waals surface area contributed by atoms with Crippen molar-refractivity contribution in [2.45, 2.75) is 19.4 Å². The summed E-state index contributed by atoms with van der Waals surface area (Å²) in [5, 5.41) is 13.2. The monoisotopic (exact) mass is 230 g/mol. The van der Waals surface area contributed by atoms with Crippen LogP contribution in [0.3, 0.4) is 0 Å². The van der Waals surface area contributed by atoms with E-state index in [1.165, 1.54) is 10.9 Å². The first kappa shape index (κ1) is 12.0. The molecule has 0 unspecified atom stereocenters. The Kier molecular flexibility index (Phi) is 4.47. The number of rotatable bonds is 6. The molecule has 1 aromatic heterocycles. The van der Waals surface area contributed by atoms with Crippen LogP contribution in [-0.4, -0.2) is 23.2 Å². The molecule has 0 saturated heterocycles. The Bertz CT molecular complexity index is 465. The van der Waals surface area contributed by atoms with Gasteiger partial charge in [0.15, 0.2) is 0 Å². The first-order valence-corrected chi connectivity index (χ1v) is 6.06. The maximum Gasteiger partial charge on any atom is 0.0746 e. The van der Waals surface area contributed by atoms with Crippen molar-refractivity contribution in [2.75, 3.05) is 13.2 Å². The van der Waals surface area contributed by atoms with Crippen LogP contribution in [0.4, 0.5) is 0 Å². The van der Waals surface area contributed by atoms with Crippen LogP contribution >= 0.6 is 0 Å². The fourth-order valence-corrected chi connectivity index (χ4v) is 1.89. The zero-order chi connectivity index (χ0) is 11.9. The summed E-state index contributed by atoms with van der Waals surface area (Å²) in [6, 6.07) is 10.3. The van der Waals surface area contributed by atoms with E-state index in [9.17, 15) is 0 Å². The Morgan fingerprint density at radius 1 is 1.12 bits per heavy atom. The average Bonchev–Trinajstić information content (AvgIpc) is 2.39. The van der Waals surface area contributed by atoms with Crippen molar-refractivity contribution in [2.24, 2.45) is 0 Å². The summed E-state index contributed by atoms with van der Waals surface area (Å²) in [6.45, 7) is 2.04. The molecule has 0 amide bonds. The molecular weight excluding hydrogens is 212 g/mol. The summed E-state index contributed by atoms with van der Waals surface area (Å²) in [5.74, 6) is 0. The van der Waals surface area contributed by atoms with Crippen LogP contribution in [0.5, 0.6) is 0 Å². The summed E-state index contributed by atoms with van der Waals surface area (Å²) in [6.07, 6.45) is 3.70. The van der Waals surface area contributed by atoms with Crippen molar-refractivity contribution in [3.63, 3.8) is 0 Å². The lowest BCUT2D eigenvalue weighted by Crippen LogP contribution is -2.15. The highest BCUT2D eigenvalue weighted by atomic mass is 16.2. The van der Waals surface area contributed by atoms with Gasteiger partial charge in [-0.2, -0.15) is 0 Å². The van der Waals surface area contributed by atoms with Gasteiger partial charge in [-0.1, -0.05) is 24.3 Å². The van der Waals surface area contributed by atoms with Crippen molar-refractivity contribution < 1.29 is 5.11 Å². The molecule has 2 aromatic rings. The number of unbranched alkanes of at least 4 members (excludes halogenated alkanes) is 1. The summed E-state index contributed by atoms with van der Waals surface area (Å²) in [5.41, 5.74) is 2.30. The molecule has 0 aliphatic carbocycles. The molecule has 90 valence electrons. The van der Waals surface area contributed by atoms with Gasteiger partial charge in [-0.05, 0) is 31.0 Å². The largest absolute Gasteiger partial charge is 0.396 e. The Morgan fingerprint density at radius 2 is 2.00 bits per heavy atom. The van der Waals surface area contributed by atoms with Crippen LogP contribution in [0.2, 0.25) is 0 Å². The lowest BCUT2D eigenvalue weighted by molar-refractivity contribution is 0.283. The minimum Gasteiger partial charge on any atom is -0.396 e. The highest BCUT2D eigenvalue weighted by molar-refractivity contribution is 5.81. The predicted octanol–water partition coefficient (Wildman–Crippen LogP) is 2.10. The van der Waals surface area contributed by atoms with Gasteiger partial charge in [0.1, 0.15) is 0 Å². The van der Waals surface area contributed by atoms with E-state index >= 15 is 0 Å². The molecule has 3 heteroatoms. The second-order valence-electron chi connectivity index (χ2n) is 4.10. The van der Waals surface area contributed by atoms with E-state index in [4.69, 9.17) is 5.11 Å². The third-order valence-corrected chi connectivity index (χ3v) is 2.79. The molecule has 0 bridgehead atoms. The van der Waals surface area contributed by atoms with E-state index in [-0.39, 0.29) is 6.61 Å². The first-order valence-electron chi connectivity index (χ1n) is 6.06. The first-order chi connectivity index (χ1) is 8.42. The number of fused-ring (bicyclic) bond motifs is 1. The molecule has 2 N–H and O–H groups in total. The van der Waals surface area contributed by atoms with Crippen LogP contribution in [-0.2, 0) is 6.54 Å². The zero-order valence-corrected chi connectivity index (χ0v) is 9.89. The number of hydrogen-bond acceptors (Lipinski definition) is 3. The molecule has 0 atom stereocenters. The van der Waals surface area contributed by atoms with Crippen molar-refractivity contribution >= 4 is 10.9 Å². The van der Waals surface area contributed by atoms with Crippen molar-refractivity contribution in [3.8, 4) is 0 Å². The third-order valence-electron chi connectivity index (χ3n) is 2.79. The molecule has 3 nitrogen and oxygen atoms in total. The van der Waals surface area contributed by atoms with Gasteiger partial charge in [0.25, 0.3) is 0 Å². The zero-order valence-electron chi connectivity index (χ0n) is 9.89. The van der Waals surface area contributed by atoms with E-state index < -0.39 is 0 Å². The number of aliphatic hydroxyl groups excluding tert-OH is 1. The van der Waals surface area contributed by atoms with Crippen LogP contribution in [0, 0.1) is 0 Å². The lowest BCUT2D eigenvalue weighted by Gasteiger charge is -2.07. The van der Waals surface area contributed by atoms with Crippen molar-refractivity contribution in [3.05, 3.63) is 42.1 Å². The number of pyridine rings is 1. The minimum absolute atomic E-state index is 0.275. The van der Waals surface area contributed by atoms with E-state index in [0.29, 0.717) is 0 Å². The number of aromatic nitrogens is 1. The third kappa shape index (κ3) is 3.25. The second-order valence-corrected chi connectivity index (χ2v) is 4.10. The molecule has 2 rings (SSSR count). The predicted molar refractivity (Wildman–Crippen MR) is 69.8 cm³/mol. The van der Waals surface area contributed by atoms with Gasteiger partial charge in [-0.25, -0.2) is 0 Å². The van der Waals surface area contributed by atoms with E-state index in [1.54, 1.807) is 0 Å². The molecule has 0 saturated carbocycles. The fourth-order valence-electron chi connectivity index (χ4n) is 1.89. The lowest BCUT2D eigenvalue weighted by atomic mass is 10.1. The van der Waals surface area contributed by atoms with Crippen LogP contribution < -0.4 is 5.32 Å². The van der Waals surface area contributed by atoms with Crippen LogP contribution in [0.1, 0.15) is 18.4 Å². The molecule has 1 aromatic carbocycles. The highest BCUT2D eigenvalue weighted by Crippen LogP contribution is 2.15. The van der Waals surface area contributed by atoms with Gasteiger partial charge < -0.3 is 10.4 Å². The van der Waals surface area contributed by atoms with E-state index in [1.807, 2.05) is 12.3 Å². The van der Waals surface area contributed by atoms with Gasteiger partial charge in [-0.15, -0.1) is 0 Å². The van der Waals surface area contributed by atoms with Crippen molar-refractivity contribution in [1.29, 1.82) is 0 Å². The molecule has 0 aliphatic rings. The Balaban J connectivity index is 1.98. The summed E-state index contributed by atoms with van der Waals surface area (Å²) in [4.78, 5) is 4.42. The maximum absolute atomic E-state index is 8.69. The normalized spacial score (nSPS) is 10.9. The van der Waals surface area contributed by atoms with Gasteiger partial charge in [0.2, 0.25) is 0 Å². The smallest absolute Gasteiger partial charge is 0.0746 e. The Labute approximate surface area is 102 Å². The summed E-state index contributed by atoms with van der Waals surface area (Å²) < 4.78 is 0. The SMILES string of the molecule is OCCCCNCc1cccc2cccnc12. The number of aliphatic hydroxyl groups is 1. The quantitative estimate of drug-likeness (QED) is 0.747. The van der Waals surface area contributed by atoms with Crippen molar-refractivity contribution in [1.82, 2.24) is 10.3 Å². The Morgan fingerprint density at radius 3 is 2.88 bits per heavy atom. The summed E-state index contributed by atoms with van der Waals surface area (Å²) >= 11 is 0. The van der Waals surface area contributed by atoms with Gasteiger partial charge in [0.05, 0.1) is 5.52 Å². The van der Waals surface area contributed by atoms with Crippen LogP contribution in [0.25, 0.3) is 10.9 Å². The molecule has 0 radical (unpaired) electrons. The van der Waals surface area contributed by atoms with E-state index in [0.717, 1.165) is 31.4 Å². The molecule has 0 spiro atoms. The van der Waals surface area contributed by atoms with E-state index in [2.05, 4.69) is 34.6 Å². The second kappa shape index (κ2) is 6.33. The average molecular weight is 230 g/mol. The Hall–Kier alpha value is -1.45. The topological polar surface area (TPSA) is 45.1 Å².